The maximum absolute atomic E-state index is 12.9. The van der Waals surface area contributed by atoms with Gasteiger partial charge in [-0.15, -0.1) is 0 Å². The maximum atomic E-state index is 12.9. The molecule has 0 saturated heterocycles. The van der Waals surface area contributed by atoms with Crippen LogP contribution >= 0.6 is 0 Å². The summed E-state index contributed by atoms with van der Waals surface area (Å²) in [7, 11) is 0. The molecule has 4 aliphatic carbocycles. The van der Waals surface area contributed by atoms with E-state index in [2.05, 4.69) is 10.6 Å². The number of hydrogen-bond acceptors (Lipinski definition) is 5. The first-order valence-electron chi connectivity index (χ1n) is 11.5. The summed E-state index contributed by atoms with van der Waals surface area (Å²) in [6, 6.07) is 6.30. The summed E-state index contributed by atoms with van der Waals surface area (Å²) in [5.74, 6) is 2.62. The van der Waals surface area contributed by atoms with Crippen molar-refractivity contribution in [1.29, 1.82) is 0 Å². The van der Waals surface area contributed by atoms with Crippen LogP contribution in [0.1, 0.15) is 62.2 Å². The predicted molar refractivity (Wildman–Crippen MR) is 115 cm³/mol. The Balaban J connectivity index is 1.16. The molecule has 0 unspecified atom stereocenters. The third-order valence-corrected chi connectivity index (χ3v) is 7.02. The molecule has 0 radical (unpaired) electrons. The Morgan fingerprint density at radius 3 is 2.10 bits per heavy atom. The van der Waals surface area contributed by atoms with E-state index in [9.17, 15) is 14.4 Å². The molecule has 4 bridgehead atoms. The van der Waals surface area contributed by atoms with Crippen LogP contribution in [0.3, 0.4) is 0 Å². The van der Waals surface area contributed by atoms with Crippen molar-refractivity contribution >= 4 is 18.0 Å². The Hall–Kier alpha value is -2.57. The molecule has 2 N–H and O–H groups in total. The monoisotopic (exact) mass is 428 g/mol. The Morgan fingerprint density at radius 1 is 0.935 bits per heavy atom. The normalized spacial score (nSPS) is 28.1. The van der Waals surface area contributed by atoms with Gasteiger partial charge in [-0.2, -0.15) is 0 Å². The van der Waals surface area contributed by atoms with E-state index in [1.54, 1.807) is 31.2 Å². The molecular weight excluding hydrogens is 396 g/mol. The van der Waals surface area contributed by atoms with Crippen LogP contribution < -0.4 is 15.4 Å². The van der Waals surface area contributed by atoms with E-state index in [-0.39, 0.29) is 23.8 Å². The minimum absolute atomic E-state index is 0.120. The smallest absolute Gasteiger partial charge is 0.434 e. The highest BCUT2D eigenvalue weighted by molar-refractivity contribution is 5.94. The van der Waals surface area contributed by atoms with Crippen LogP contribution in [0.4, 0.5) is 4.79 Å². The van der Waals surface area contributed by atoms with Crippen molar-refractivity contribution < 1.29 is 23.9 Å². The minimum atomic E-state index is -0.768. The van der Waals surface area contributed by atoms with Gasteiger partial charge in [0, 0.05) is 24.1 Å². The zero-order chi connectivity index (χ0) is 21.8. The fourth-order valence-corrected chi connectivity index (χ4v) is 6.09. The number of carbonyl (C=O) groups is 3. The van der Waals surface area contributed by atoms with Gasteiger partial charge in [-0.1, -0.05) is 0 Å². The molecule has 4 fully saturated rings. The second kappa shape index (κ2) is 9.28. The van der Waals surface area contributed by atoms with Crippen molar-refractivity contribution in [2.75, 3.05) is 19.7 Å². The van der Waals surface area contributed by atoms with Gasteiger partial charge in [-0.3, -0.25) is 9.59 Å². The third kappa shape index (κ3) is 5.02. The van der Waals surface area contributed by atoms with Crippen molar-refractivity contribution in [2.45, 2.75) is 51.9 Å². The van der Waals surface area contributed by atoms with Crippen molar-refractivity contribution in [2.24, 2.45) is 23.2 Å². The Morgan fingerprint density at radius 2 is 1.52 bits per heavy atom. The minimum Gasteiger partial charge on any atom is -0.434 e. The highest BCUT2D eigenvalue weighted by Crippen LogP contribution is 2.60. The molecule has 4 saturated carbocycles. The molecule has 0 atom stereocenters. The highest BCUT2D eigenvalue weighted by atomic mass is 16.7. The van der Waals surface area contributed by atoms with E-state index in [1.807, 2.05) is 0 Å². The summed E-state index contributed by atoms with van der Waals surface area (Å²) in [5.41, 5.74) is 0.361. The maximum Gasteiger partial charge on any atom is 0.513 e. The van der Waals surface area contributed by atoms with E-state index in [1.165, 1.54) is 19.3 Å². The molecule has 168 valence electrons. The van der Waals surface area contributed by atoms with Gasteiger partial charge in [0.25, 0.3) is 5.91 Å². The zero-order valence-electron chi connectivity index (χ0n) is 18.2. The van der Waals surface area contributed by atoms with E-state index in [4.69, 9.17) is 9.47 Å². The molecule has 1 aromatic rings. The highest BCUT2D eigenvalue weighted by Gasteiger charge is 2.54. The Kier molecular flexibility index (Phi) is 6.49. The molecule has 5 rings (SSSR count). The van der Waals surface area contributed by atoms with Gasteiger partial charge >= 0.3 is 6.16 Å². The average Bonchev–Trinajstić information content (AvgIpc) is 2.73. The fraction of sp³-hybridized carbons (Fsp3) is 0.625. The van der Waals surface area contributed by atoms with E-state index >= 15 is 0 Å². The second-order valence-electron chi connectivity index (χ2n) is 9.37. The van der Waals surface area contributed by atoms with Crippen LogP contribution in [0.25, 0.3) is 0 Å². The number of hydrogen-bond donors (Lipinski definition) is 2. The zero-order valence-corrected chi connectivity index (χ0v) is 18.2. The summed E-state index contributed by atoms with van der Waals surface area (Å²) in [4.78, 5) is 36.5. The summed E-state index contributed by atoms with van der Waals surface area (Å²) in [5, 5.41) is 6.00. The summed E-state index contributed by atoms with van der Waals surface area (Å²) < 4.78 is 9.69. The largest absolute Gasteiger partial charge is 0.513 e. The van der Waals surface area contributed by atoms with Crippen LogP contribution in [0.15, 0.2) is 24.3 Å². The number of rotatable bonds is 8. The van der Waals surface area contributed by atoms with Crippen LogP contribution in [-0.4, -0.2) is 37.7 Å². The molecule has 0 spiro atoms. The van der Waals surface area contributed by atoms with Gasteiger partial charge in [0.2, 0.25) is 5.91 Å². The number of amides is 2. The van der Waals surface area contributed by atoms with Gasteiger partial charge in [-0.25, -0.2) is 4.79 Å². The van der Waals surface area contributed by atoms with Crippen molar-refractivity contribution in [3.63, 3.8) is 0 Å². The molecule has 0 aromatic heterocycles. The van der Waals surface area contributed by atoms with Crippen LogP contribution in [0.2, 0.25) is 0 Å². The van der Waals surface area contributed by atoms with Crippen molar-refractivity contribution in [3.05, 3.63) is 29.8 Å². The number of benzene rings is 1. The van der Waals surface area contributed by atoms with Gasteiger partial charge in [-0.05, 0) is 93.9 Å². The van der Waals surface area contributed by atoms with E-state index in [0.29, 0.717) is 30.8 Å². The lowest BCUT2D eigenvalue weighted by atomic mass is 9.49. The molecule has 0 aliphatic heterocycles. The molecule has 7 nitrogen and oxygen atoms in total. The molecule has 4 aliphatic rings. The van der Waals surface area contributed by atoms with Crippen LogP contribution in [0.5, 0.6) is 5.75 Å². The topological polar surface area (TPSA) is 93.7 Å². The number of ether oxygens (including phenoxy) is 2. The van der Waals surface area contributed by atoms with Crippen LogP contribution in [0, 0.1) is 23.2 Å². The molecule has 31 heavy (non-hydrogen) atoms. The Bertz CT molecular complexity index is 784. The van der Waals surface area contributed by atoms with Gasteiger partial charge < -0.3 is 20.1 Å². The van der Waals surface area contributed by atoms with Gasteiger partial charge in [0.05, 0.1) is 6.61 Å². The summed E-state index contributed by atoms with van der Waals surface area (Å²) in [6.07, 6.45) is 7.10. The molecule has 2 amide bonds. The lowest BCUT2D eigenvalue weighted by Gasteiger charge is -2.55. The first kappa shape index (κ1) is 21.7. The predicted octanol–water partition coefficient (Wildman–Crippen LogP) is 3.67. The first-order chi connectivity index (χ1) is 15.0. The fourth-order valence-electron chi connectivity index (χ4n) is 6.09. The summed E-state index contributed by atoms with van der Waals surface area (Å²) in [6.45, 7) is 3.00. The lowest BCUT2D eigenvalue weighted by Crippen LogP contribution is -2.53. The van der Waals surface area contributed by atoms with E-state index in [0.717, 1.165) is 37.0 Å². The molecule has 0 heterocycles. The molecular formula is C24H32N2O5. The van der Waals surface area contributed by atoms with Crippen molar-refractivity contribution in [1.82, 2.24) is 10.6 Å². The van der Waals surface area contributed by atoms with E-state index < -0.39 is 6.16 Å². The lowest BCUT2D eigenvalue weighted by molar-refractivity contribution is -0.146. The SMILES string of the molecule is CCOC(=O)Oc1ccc(C(=O)NCCCNC(=O)C23CC4CC(CC(C4)C2)C3)cc1. The average molecular weight is 429 g/mol. The first-order valence-corrected chi connectivity index (χ1v) is 11.5. The number of nitrogens with one attached hydrogen (secondary N) is 2. The van der Waals surface area contributed by atoms with Crippen molar-refractivity contribution in [3.8, 4) is 5.75 Å². The van der Waals surface area contributed by atoms with Gasteiger partial charge in [0.1, 0.15) is 5.75 Å². The van der Waals surface area contributed by atoms with Gasteiger partial charge in [0.15, 0.2) is 0 Å². The molecule has 1 aromatic carbocycles. The summed E-state index contributed by atoms with van der Waals surface area (Å²) >= 11 is 0. The third-order valence-electron chi connectivity index (χ3n) is 7.02. The second-order valence-corrected chi connectivity index (χ2v) is 9.37. The Labute approximate surface area is 183 Å². The quantitative estimate of drug-likeness (QED) is 0.374. The van der Waals surface area contributed by atoms with Crippen LogP contribution in [-0.2, 0) is 9.53 Å². The molecule has 7 heteroatoms. The standard InChI is InChI=1S/C24H32N2O5/c1-2-30-23(29)31-20-6-4-19(5-7-20)21(27)25-8-3-9-26-22(28)24-13-16-10-17(14-24)12-18(11-16)15-24/h4-7,16-18H,2-3,8-15H2,1H3,(H,25,27)(H,26,28). The number of carbonyl (C=O) groups excluding carboxylic acids is 3.